The van der Waals surface area contributed by atoms with E-state index in [4.69, 9.17) is 38.5 Å². The quantitative estimate of drug-likeness (QED) is 0.296. The van der Waals surface area contributed by atoms with Crippen LogP contribution in [-0.2, 0) is 9.13 Å². The SMILES string of the molecule is O=P([O-])([O-])[O-].O=P([O-])([O-])[O-].[K+].[K+].[K+].[Na+].[Na+].[Na+]. The van der Waals surface area contributed by atoms with E-state index in [1.165, 1.54) is 0 Å². The van der Waals surface area contributed by atoms with Gasteiger partial charge in [-0.1, -0.05) is 0 Å². The van der Waals surface area contributed by atoms with Crippen LogP contribution in [0, 0.1) is 0 Å². The van der Waals surface area contributed by atoms with Gasteiger partial charge in [-0.3, -0.25) is 0 Å². The van der Waals surface area contributed by atoms with Crippen molar-refractivity contribution in [3.05, 3.63) is 0 Å². The van der Waals surface area contributed by atoms with Gasteiger partial charge in [-0.05, 0) is 0 Å². The molecule has 0 fully saturated rings. The Hall–Kier alpha value is 8.13. The van der Waals surface area contributed by atoms with Gasteiger partial charge in [-0.2, -0.15) is 15.6 Å². The zero-order valence-electron chi connectivity index (χ0n) is 10.2. The van der Waals surface area contributed by atoms with Gasteiger partial charge in [0.2, 0.25) is 0 Å². The molecule has 0 atom stereocenters. The Morgan fingerprint density at radius 3 is 0.500 bits per heavy atom. The van der Waals surface area contributed by atoms with Crippen LogP contribution in [0.3, 0.4) is 0 Å². The minimum Gasteiger partial charge on any atom is -0.822 e. The zero-order valence-corrected chi connectivity index (χ0v) is 27.3. The molecule has 0 heterocycles. The first-order valence-corrected chi connectivity index (χ1v) is 4.38. The normalized spacial score (nSPS) is 7.38. The molecule has 0 rings (SSSR count). The van der Waals surface area contributed by atoms with E-state index >= 15 is 0 Å². The second-order valence-corrected chi connectivity index (χ2v) is 2.68. The maximum Gasteiger partial charge on any atom is 1.00 e. The Morgan fingerprint density at radius 2 is 0.500 bits per heavy atom. The Morgan fingerprint density at radius 1 is 0.500 bits per heavy atom. The van der Waals surface area contributed by atoms with Gasteiger partial charge >= 0.3 is 243 Å². The fourth-order valence-electron chi connectivity index (χ4n) is 0. The van der Waals surface area contributed by atoms with Crippen LogP contribution in [0.2, 0.25) is 0 Å². The molecule has 0 aromatic rings. The van der Waals surface area contributed by atoms with E-state index in [-0.39, 0.29) is 243 Å². The fraction of sp³-hybridized carbons (Fsp3) is 0. The average Bonchev–Trinajstić information content (AvgIpc) is 1.12. The summed E-state index contributed by atoms with van der Waals surface area (Å²) in [6, 6.07) is 0. The van der Waals surface area contributed by atoms with Gasteiger partial charge in [0.1, 0.15) is 0 Å². The van der Waals surface area contributed by atoms with Gasteiger partial charge in [-0.25, -0.2) is 0 Å². The zero-order chi connectivity index (χ0) is 9.00. The molecule has 0 aromatic carbocycles. The van der Waals surface area contributed by atoms with Gasteiger partial charge in [0.25, 0.3) is 0 Å². The van der Waals surface area contributed by atoms with Crippen LogP contribution in [0.5, 0.6) is 0 Å². The van der Waals surface area contributed by atoms with E-state index in [1.807, 2.05) is 0 Å². The monoisotopic (exact) mass is 376 g/mol. The summed E-state index contributed by atoms with van der Waals surface area (Å²) in [5.74, 6) is 0. The van der Waals surface area contributed by atoms with Gasteiger partial charge in [0, 0.05) is 0 Å². The largest absolute Gasteiger partial charge is 1.00 e. The van der Waals surface area contributed by atoms with Crippen LogP contribution in [-0.4, -0.2) is 0 Å². The molecular formula is K3Na3O8P2. The fourth-order valence-corrected chi connectivity index (χ4v) is 0. The summed E-state index contributed by atoms with van der Waals surface area (Å²) in [6.07, 6.45) is 0. The molecule has 16 heavy (non-hydrogen) atoms. The minimum absolute atomic E-state index is 0. The third-order valence-electron chi connectivity index (χ3n) is 0. The van der Waals surface area contributed by atoms with Crippen molar-refractivity contribution in [1.82, 2.24) is 0 Å². The van der Waals surface area contributed by atoms with E-state index in [0.717, 1.165) is 0 Å². The van der Waals surface area contributed by atoms with Crippen molar-refractivity contribution in [3.8, 4) is 0 Å². The Kier molecular flexibility index (Phi) is 86.7. The van der Waals surface area contributed by atoms with Crippen molar-refractivity contribution < 1.29 is 281 Å². The van der Waals surface area contributed by atoms with Crippen LogP contribution < -0.4 is 272 Å². The summed E-state index contributed by atoms with van der Waals surface area (Å²) in [5.41, 5.74) is 0. The molecule has 0 aromatic heterocycles. The van der Waals surface area contributed by atoms with Crippen LogP contribution in [0.15, 0.2) is 0 Å². The molecular weight excluding hydrogens is 376 g/mol. The summed E-state index contributed by atoms with van der Waals surface area (Å²) < 4.78 is 17.1. The molecule has 16 heteroatoms. The number of hydrogen-bond donors (Lipinski definition) is 0. The van der Waals surface area contributed by atoms with Crippen molar-refractivity contribution in [2.45, 2.75) is 0 Å². The van der Waals surface area contributed by atoms with E-state index < -0.39 is 15.6 Å². The molecule has 0 amide bonds. The van der Waals surface area contributed by atoms with Crippen molar-refractivity contribution in [3.63, 3.8) is 0 Å². The summed E-state index contributed by atoms with van der Waals surface area (Å²) >= 11 is 0. The molecule has 0 spiro atoms. The van der Waals surface area contributed by atoms with E-state index in [9.17, 15) is 0 Å². The first-order chi connectivity index (χ1) is 4.00. The molecule has 0 aliphatic rings. The molecule has 0 radical (unpaired) electrons. The van der Waals surface area contributed by atoms with Crippen molar-refractivity contribution in [2.75, 3.05) is 0 Å². The number of hydrogen-bond acceptors (Lipinski definition) is 8. The Balaban J connectivity index is -0.00000000970. The van der Waals surface area contributed by atoms with Gasteiger partial charge in [-0.15, -0.1) is 0 Å². The minimum atomic E-state index is -5.39. The first kappa shape index (κ1) is 49.6. The molecule has 0 aliphatic carbocycles. The summed E-state index contributed by atoms with van der Waals surface area (Å²) in [5, 5.41) is 0. The number of rotatable bonds is 0. The van der Waals surface area contributed by atoms with Crippen LogP contribution in [0.1, 0.15) is 0 Å². The molecule has 0 aliphatic heterocycles. The molecule has 8 nitrogen and oxygen atoms in total. The molecule has 0 unspecified atom stereocenters. The summed E-state index contributed by atoms with van der Waals surface area (Å²) in [4.78, 5) is 51.3. The molecule has 64 valence electrons. The smallest absolute Gasteiger partial charge is 0.822 e. The van der Waals surface area contributed by atoms with Crippen LogP contribution >= 0.6 is 15.6 Å². The van der Waals surface area contributed by atoms with Crippen LogP contribution in [0.25, 0.3) is 0 Å². The molecule has 0 bridgehead atoms. The first-order valence-electron chi connectivity index (χ1n) is 1.46. The maximum atomic E-state index is 8.55. The third kappa shape index (κ3) is 150. The standard InChI is InChI=1S/3K.3Na.2H3O4P/c;;;;;;2*1-5(2,3)4/h;;;;;;2*(H3,1,2,3,4)/q6*+1;;/p-6. The molecule has 0 saturated carbocycles. The van der Waals surface area contributed by atoms with Crippen molar-refractivity contribution >= 4 is 15.6 Å². The van der Waals surface area contributed by atoms with Gasteiger partial charge in [0.05, 0.1) is 0 Å². The van der Waals surface area contributed by atoms with E-state index in [0.29, 0.717) is 0 Å². The van der Waals surface area contributed by atoms with E-state index in [2.05, 4.69) is 0 Å². The number of phosphoric acid groups is 2. The second kappa shape index (κ2) is 28.0. The summed E-state index contributed by atoms with van der Waals surface area (Å²) in [7, 11) is -10.8. The molecule has 0 N–H and O–H groups in total. The van der Waals surface area contributed by atoms with Gasteiger partial charge in [0.15, 0.2) is 0 Å². The van der Waals surface area contributed by atoms with E-state index in [1.54, 1.807) is 0 Å². The van der Waals surface area contributed by atoms with Crippen LogP contribution in [0.4, 0.5) is 0 Å². The maximum absolute atomic E-state index is 8.55. The summed E-state index contributed by atoms with van der Waals surface area (Å²) in [6.45, 7) is 0. The predicted molar refractivity (Wildman–Crippen MR) is 15.2 cm³/mol. The van der Waals surface area contributed by atoms with Gasteiger partial charge < -0.3 is 38.5 Å². The van der Waals surface area contributed by atoms with Crippen molar-refractivity contribution in [2.24, 2.45) is 0 Å². The third-order valence-corrected chi connectivity index (χ3v) is 0. The Labute approximate surface area is 287 Å². The average molecular weight is 376 g/mol. The molecule has 0 saturated heterocycles. The Bertz CT molecular complexity index is 141. The topological polar surface area (TPSA) is 172 Å². The second-order valence-electron chi connectivity index (χ2n) is 0.894. The van der Waals surface area contributed by atoms with Crippen molar-refractivity contribution in [1.29, 1.82) is 0 Å². The predicted octanol–water partition coefficient (Wildman–Crippen LogP) is -23.6.